The van der Waals surface area contributed by atoms with Crippen LogP contribution in [-0.4, -0.2) is 25.4 Å². The number of aromatic amines is 2. The number of hydrogen-bond acceptors (Lipinski definition) is 4. The first-order valence-corrected chi connectivity index (χ1v) is 4.60. The summed E-state index contributed by atoms with van der Waals surface area (Å²) in [6, 6.07) is 0. The molecule has 0 unspecified atom stereocenters. The minimum absolute atomic E-state index is 0.226. The zero-order valence-electron chi connectivity index (χ0n) is 7.21. The van der Waals surface area contributed by atoms with Gasteiger partial charge in [-0.1, -0.05) is 0 Å². The summed E-state index contributed by atoms with van der Waals surface area (Å²) in [5.41, 5.74) is 0.903. The monoisotopic (exact) mass is 255 g/mol. The zero-order valence-corrected chi connectivity index (χ0v) is 8.79. The highest BCUT2D eigenvalue weighted by atomic mass is 79.9. The van der Waals surface area contributed by atoms with Gasteiger partial charge in [0.1, 0.15) is 10.2 Å². The second-order valence-electron chi connectivity index (χ2n) is 2.67. The topological polar surface area (TPSA) is 87.3 Å². The lowest BCUT2D eigenvalue weighted by atomic mass is 10.4. The quantitative estimate of drug-likeness (QED) is 0.783. The van der Waals surface area contributed by atoms with Crippen LogP contribution < -0.4 is 5.56 Å². The number of rotatable bonds is 1. The van der Waals surface area contributed by atoms with E-state index >= 15 is 0 Å². The van der Waals surface area contributed by atoms with Crippen LogP contribution in [0.5, 0.6) is 0 Å². The largest absolute Gasteiger partial charge is 0.304 e. The van der Waals surface area contributed by atoms with Crippen LogP contribution in [0.15, 0.2) is 15.5 Å². The van der Waals surface area contributed by atoms with Gasteiger partial charge in [-0.05, 0) is 22.9 Å². The first-order valence-electron chi connectivity index (χ1n) is 3.81. The number of aromatic nitrogens is 5. The van der Waals surface area contributed by atoms with Gasteiger partial charge in [0, 0.05) is 0 Å². The van der Waals surface area contributed by atoms with E-state index in [0.29, 0.717) is 21.7 Å². The molecule has 2 rings (SSSR count). The third-order valence-electron chi connectivity index (χ3n) is 1.69. The summed E-state index contributed by atoms with van der Waals surface area (Å²) >= 11 is 3.13. The molecule has 0 aliphatic rings. The Labute approximate surface area is 86.9 Å². The van der Waals surface area contributed by atoms with Gasteiger partial charge in [-0.15, -0.1) is 0 Å². The van der Waals surface area contributed by atoms with Crippen molar-refractivity contribution in [3.8, 4) is 11.5 Å². The smallest absolute Gasteiger partial charge is 0.265 e. The molecule has 0 saturated carbocycles. The maximum absolute atomic E-state index is 11.4. The van der Waals surface area contributed by atoms with E-state index in [-0.39, 0.29) is 5.56 Å². The zero-order chi connectivity index (χ0) is 10.1. The standard InChI is InChI=1S/C7H6BrN5O/c1-3-5(8)7(14)11-6(10-3)4-2-9-13-12-4/h2H,1H3,(H,9,12,13)(H,10,11,14). The molecule has 0 bridgehead atoms. The highest BCUT2D eigenvalue weighted by Crippen LogP contribution is 2.12. The second kappa shape index (κ2) is 3.33. The fourth-order valence-corrected chi connectivity index (χ4v) is 1.20. The number of hydrogen-bond donors (Lipinski definition) is 2. The average molecular weight is 256 g/mol. The number of H-pyrrole nitrogens is 2. The molecule has 2 heterocycles. The van der Waals surface area contributed by atoms with E-state index in [9.17, 15) is 4.79 Å². The lowest BCUT2D eigenvalue weighted by molar-refractivity contribution is 0.935. The molecule has 72 valence electrons. The maximum atomic E-state index is 11.4. The molecule has 6 nitrogen and oxygen atoms in total. The van der Waals surface area contributed by atoms with Gasteiger partial charge >= 0.3 is 0 Å². The van der Waals surface area contributed by atoms with E-state index in [0.717, 1.165) is 0 Å². The predicted octanol–water partition coefficient (Wildman–Crippen LogP) is 0.626. The van der Waals surface area contributed by atoms with Crippen molar-refractivity contribution in [2.45, 2.75) is 6.92 Å². The van der Waals surface area contributed by atoms with E-state index in [1.807, 2.05) is 0 Å². The van der Waals surface area contributed by atoms with Crippen molar-refractivity contribution in [3.63, 3.8) is 0 Å². The Kier molecular flexibility index (Phi) is 2.16. The summed E-state index contributed by atoms with van der Waals surface area (Å²) in [5, 5.41) is 9.89. The predicted molar refractivity (Wildman–Crippen MR) is 52.7 cm³/mol. The molecule has 2 N–H and O–H groups in total. The van der Waals surface area contributed by atoms with Gasteiger partial charge in [0.05, 0.1) is 11.9 Å². The molecule has 0 atom stereocenters. The fraction of sp³-hybridized carbons (Fsp3) is 0.143. The molecule has 2 aromatic rings. The molecule has 0 spiro atoms. The van der Waals surface area contributed by atoms with E-state index in [1.54, 1.807) is 6.92 Å². The molecular formula is C7H6BrN5O. The number of halogens is 1. The van der Waals surface area contributed by atoms with Crippen molar-refractivity contribution in [1.29, 1.82) is 0 Å². The molecule has 14 heavy (non-hydrogen) atoms. The summed E-state index contributed by atoms with van der Waals surface area (Å²) < 4.78 is 0.435. The SMILES string of the molecule is Cc1nc(-c2cn[nH]n2)[nH]c(=O)c1Br. The molecule has 0 aliphatic carbocycles. The van der Waals surface area contributed by atoms with Gasteiger partial charge in [-0.2, -0.15) is 15.4 Å². The highest BCUT2D eigenvalue weighted by Gasteiger charge is 2.08. The van der Waals surface area contributed by atoms with E-state index in [2.05, 4.69) is 41.3 Å². The first kappa shape index (κ1) is 9.07. The fourth-order valence-electron chi connectivity index (χ4n) is 1.01. The third kappa shape index (κ3) is 1.46. The Hall–Kier alpha value is -1.50. The van der Waals surface area contributed by atoms with E-state index in [1.165, 1.54) is 6.20 Å². The van der Waals surface area contributed by atoms with Gasteiger partial charge in [0.15, 0.2) is 5.82 Å². The molecule has 0 aromatic carbocycles. The minimum Gasteiger partial charge on any atom is -0.304 e. The number of nitrogens with one attached hydrogen (secondary N) is 2. The highest BCUT2D eigenvalue weighted by molar-refractivity contribution is 9.10. The van der Waals surface area contributed by atoms with Crippen molar-refractivity contribution in [2.24, 2.45) is 0 Å². The van der Waals surface area contributed by atoms with Crippen LogP contribution >= 0.6 is 15.9 Å². The second-order valence-corrected chi connectivity index (χ2v) is 3.46. The number of aryl methyl sites for hydroxylation is 1. The average Bonchev–Trinajstić information content (AvgIpc) is 2.66. The number of nitrogens with zero attached hydrogens (tertiary/aromatic N) is 3. The van der Waals surface area contributed by atoms with Crippen LogP contribution in [0.25, 0.3) is 11.5 Å². The van der Waals surface area contributed by atoms with Gasteiger partial charge in [0.2, 0.25) is 0 Å². The molecular weight excluding hydrogens is 250 g/mol. The van der Waals surface area contributed by atoms with Gasteiger partial charge in [-0.3, -0.25) is 4.79 Å². The van der Waals surface area contributed by atoms with Crippen molar-refractivity contribution in [2.75, 3.05) is 0 Å². The minimum atomic E-state index is -0.226. The van der Waals surface area contributed by atoms with Crippen molar-refractivity contribution in [3.05, 3.63) is 26.7 Å². The van der Waals surface area contributed by atoms with E-state index in [4.69, 9.17) is 0 Å². The Morgan fingerprint density at radius 3 is 2.86 bits per heavy atom. The Balaban J connectivity index is 2.63. The Morgan fingerprint density at radius 1 is 1.50 bits per heavy atom. The molecule has 0 fully saturated rings. The summed E-state index contributed by atoms with van der Waals surface area (Å²) in [7, 11) is 0. The normalized spacial score (nSPS) is 10.4. The van der Waals surface area contributed by atoms with Crippen LogP contribution in [0.3, 0.4) is 0 Å². The van der Waals surface area contributed by atoms with Crippen molar-refractivity contribution >= 4 is 15.9 Å². The van der Waals surface area contributed by atoms with Crippen LogP contribution in [-0.2, 0) is 0 Å². The molecule has 0 amide bonds. The molecule has 7 heteroatoms. The van der Waals surface area contributed by atoms with Crippen LogP contribution in [0, 0.1) is 6.92 Å². The lowest BCUT2D eigenvalue weighted by Gasteiger charge is -1.98. The third-order valence-corrected chi connectivity index (χ3v) is 2.62. The van der Waals surface area contributed by atoms with Crippen LogP contribution in [0.1, 0.15) is 5.69 Å². The molecule has 0 radical (unpaired) electrons. The van der Waals surface area contributed by atoms with E-state index < -0.39 is 0 Å². The van der Waals surface area contributed by atoms with Gasteiger partial charge in [-0.25, -0.2) is 4.98 Å². The molecule has 2 aromatic heterocycles. The maximum Gasteiger partial charge on any atom is 0.265 e. The van der Waals surface area contributed by atoms with Crippen molar-refractivity contribution < 1.29 is 0 Å². The molecule has 0 saturated heterocycles. The van der Waals surface area contributed by atoms with Crippen LogP contribution in [0.2, 0.25) is 0 Å². The first-order chi connectivity index (χ1) is 6.68. The van der Waals surface area contributed by atoms with Crippen LogP contribution in [0.4, 0.5) is 0 Å². The Morgan fingerprint density at radius 2 is 2.29 bits per heavy atom. The summed E-state index contributed by atoms with van der Waals surface area (Å²) in [4.78, 5) is 18.1. The molecule has 0 aliphatic heterocycles. The summed E-state index contributed by atoms with van der Waals surface area (Å²) in [6.45, 7) is 1.74. The Bertz CT molecular complexity index is 503. The van der Waals surface area contributed by atoms with Gasteiger partial charge in [0.25, 0.3) is 5.56 Å². The lowest BCUT2D eigenvalue weighted by Crippen LogP contribution is -2.11. The summed E-state index contributed by atoms with van der Waals surface area (Å²) in [6.07, 6.45) is 1.49. The summed E-state index contributed by atoms with van der Waals surface area (Å²) in [5.74, 6) is 0.407. The van der Waals surface area contributed by atoms with Gasteiger partial charge < -0.3 is 4.98 Å². The van der Waals surface area contributed by atoms with Crippen molar-refractivity contribution in [1.82, 2.24) is 25.4 Å².